The van der Waals surface area contributed by atoms with Crippen LogP contribution in [0.1, 0.15) is 21.4 Å². The molecule has 0 bridgehead atoms. The van der Waals surface area contributed by atoms with Gasteiger partial charge in [-0.1, -0.05) is 0 Å². The molecule has 0 aliphatic heterocycles. The Hall–Kier alpha value is -0.160. The van der Waals surface area contributed by atoms with E-state index in [0.717, 1.165) is 0 Å². The van der Waals surface area contributed by atoms with Crippen molar-refractivity contribution in [3.63, 3.8) is 0 Å². The highest BCUT2D eigenvalue weighted by Crippen LogP contribution is 2.32. The summed E-state index contributed by atoms with van der Waals surface area (Å²) < 4.78 is 1.19. The fourth-order valence-corrected chi connectivity index (χ4v) is 3.77. The van der Waals surface area contributed by atoms with E-state index in [4.69, 9.17) is 0 Å². The normalized spacial score (nSPS) is 13.0. The van der Waals surface area contributed by atoms with E-state index in [1.807, 2.05) is 18.4 Å². The lowest BCUT2D eigenvalue weighted by Crippen LogP contribution is -2.15. The van der Waals surface area contributed by atoms with E-state index in [2.05, 4.69) is 51.7 Å². The van der Waals surface area contributed by atoms with Crippen LogP contribution in [0.2, 0.25) is 0 Å². The molecule has 0 saturated heterocycles. The Morgan fingerprint density at radius 1 is 1.40 bits per heavy atom. The van der Waals surface area contributed by atoms with Gasteiger partial charge < -0.3 is 5.32 Å². The Morgan fingerprint density at radius 3 is 2.67 bits per heavy atom. The van der Waals surface area contributed by atoms with Gasteiger partial charge in [0.15, 0.2) is 0 Å². The smallest absolute Gasteiger partial charge is 0.0701 e. The molecule has 1 N–H and O–H groups in total. The van der Waals surface area contributed by atoms with Crippen molar-refractivity contribution < 1.29 is 0 Å². The van der Waals surface area contributed by atoms with E-state index < -0.39 is 0 Å². The minimum absolute atomic E-state index is 0.325. The number of rotatable bonds is 3. The number of aryl methyl sites for hydroxylation is 1. The summed E-state index contributed by atoms with van der Waals surface area (Å²) in [5.41, 5.74) is 1.33. The third kappa shape index (κ3) is 2.50. The summed E-state index contributed by atoms with van der Waals surface area (Å²) in [6.45, 7) is 2.14. The molecule has 1 atom stereocenters. The molecular formula is C11H12BrNS2. The fraction of sp³-hybridized carbons (Fsp3) is 0.273. The van der Waals surface area contributed by atoms with Gasteiger partial charge in [-0.05, 0) is 59.0 Å². The molecule has 0 aliphatic rings. The van der Waals surface area contributed by atoms with Crippen molar-refractivity contribution >= 4 is 38.6 Å². The van der Waals surface area contributed by atoms with Crippen molar-refractivity contribution in [2.24, 2.45) is 0 Å². The van der Waals surface area contributed by atoms with Crippen LogP contribution >= 0.6 is 38.6 Å². The van der Waals surface area contributed by atoms with E-state index >= 15 is 0 Å². The SMILES string of the molecule is CNC(c1csc(Br)c1)c1ccc(C)s1. The largest absolute Gasteiger partial charge is 0.309 e. The van der Waals surface area contributed by atoms with Crippen molar-refractivity contribution in [1.29, 1.82) is 0 Å². The van der Waals surface area contributed by atoms with Crippen LogP contribution in [-0.4, -0.2) is 7.05 Å². The number of thiophene rings is 2. The number of halogens is 1. The zero-order chi connectivity index (χ0) is 10.8. The van der Waals surface area contributed by atoms with Crippen LogP contribution < -0.4 is 5.32 Å². The lowest BCUT2D eigenvalue weighted by atomic mass is 10.1. The van der Waals surface area contributed by atoms with Gasteiger partial charge in [-0.15, -0.1) is 22.7 Å². The van der Waals surface area contributed by atoms with Gasteiger partial charge in [-0.3, -0.25) is 0 Å². The van der Waals surface area contributed by atoms with Crippen molar-refractivity contribution in [2.75, 3.05) is 7.05 Å². The summed E-state index contributed by atoms with van der Waals surface area (Å²) in [5, 5.41) is 5.55. The van der Waals surface area contributed by atoms with Crippen LogP contribution in [-0.2, 0) is 0 Å². The number of hydrogen-bond donors (Lipinski definition) is 1. The Labute approximate surface area is 106 Å². The van der Waals surface area contributed by atoms with Crippen LogP contribution in [0.3, 0.4) is 0 Å². The molecule has 1 nitrogen and oxygen atoms in total. The molecule has 4 heteroatoms. The predicted octanol–water partition coefficient (Wildman–Crippen LogP) is 4.19. The molecule has 80 valence electrons. The maximum absolute atomic E-state index is 3.50. The number of nitrogens with one attached hydrogen (secondary N) is 1. The maximum Gasteiger partial charge on any atom is 0.0701 e. The molecule has 2 rings (SSSR count). The van der Waals surface area contributed by atoms with Crippen LogP contribution in [0, 0.1) is 6.92 Å². The van der Waals surface area contributed by atoms with Crippen LogP contribution in [0.15, 0.2) is 27.4 Å². The summed E-state index contributed by atoms with van der Waals surface area (Å²) in [4.78, 5) is 2.74. The zero-order valence-electron chi connectivity index (χ0n) is 8.58. The summed E-state index contributed by atoms with van der Waals surface area (Å²) in [6.07, 6.45) is 0. The van der Waals surface area contributed by atoms with Crippen molar-refractivity contribution in [2.45, 2.75) is 13.0 Å². The first-order valence-electron chi connectivity index (χ1n) is 4.68. The Morgan fingerprint density at radius 2 is 2.20 bits per heavy atom. The fourth-order valence-electron chi connectivity index (χ4n) is 1.56. The second-order valence-electron chi connectivity index (χ2n) is 3.35. The monoisotopic (exact) mass is 301 g/mol. The second-order valence-corrected chi connectivity index (χ2v) is 6.96. The second kappa shape index (κ2) is 4.78. The first-order chi connectivity index (χ1) is 7.20. The van der Waals surface area contributed by atoms with Crippen molar-refractivity contribution in [1.82, 2.24) is 5.32 Å². The molecule has 1 unspecified atom stereocenters. The molecule has 15 heavy (non-hydrogen) atoms. The maximum atomic E-state index is 3.50. The van der Waals surface area contributed by atoms with Gasteiger partial charge in [0, 0.05) is 9.75 Å². The van der Waals surface area contributed by atoms with E-state index in [1.54, 1.807) is 11.3 Å². The molecule has 2 aromatic rings. The summed E-state index contributed by atoms with van der Waals surface area (Å²) in [6, 6.07) is 6.88. The molecule has 0 fully saturated rings. The third-order valence-corrected chi connectivity index (χ3v) is 4.84. The molecule has 2 aromatic heterocycles. The van der Waals surface area contributed by atoms with Gasteiger partial charge in [0.05, 0.1) is 9.83 Å². The average Bonchev–Trinajstić information content (AvgIpc) is 2.78. The van der Waals surface area contributed by atoms with Gasteiger partial charge in [0.2, 0.25) is 0 Å². The van der Waals surface area contributed by atoms with Gasteiger partial charge in [0.25, 0.3) is 0 Å². The topological polar surface area (TPSA) is 12.0 Å². The Bertz CT molecular complexity index is 407. The zero-order valence-corrected chi connectivity index (χ0v) is 11.8. The lowest BCUT2D eigenvalue weighted by Gasteiger charge is -2.12. The van der Waals surface area contributed by atoms with Crippen LogP contribution in [0.4, 0.5) is 0 Å². The first kappa shape index (κ1) is 11.3. The highest BCUT2D eigenvalue weighted by Gasteiger charge is 2.14. The molecule has 2 heterocycles. The predicted molar refractivity (Wildman–Crippen MR) is 72.0 cm³/mol. The van der Waals surface area contributed by atoms with Crippen molar-refractivity contribution in [3.05, 3.63) is 42.7 Å². The number of hydrogen-bond acceptors (Lipinski definition) is 3. The van der Waals surface area contributed by atoms with Crippen molar-refractivity contribution in [3.8, 4) is 0 Å². The molecular weight excluding hydrogens is 290 g/mol. The summed E-state index contributed by atoms with van der Waals surface area (Å²) in [7, 11) is 2.01. The van der Waals surface area contributed by atoms with E-state index in [0.29, 0.717) is 6.04 Å². The molecule has 0 aromatic carbocycles. The molecule has 0 amide bonds. The minimum atomic E-state index is 0.325. The standard InChI is InChI=1S/C11H12BrNS2/c1-7-3-4-9(15-7)11(13-2)8-5-10(12)14-6-8/h3-6,11,13H,1-2H3. The summed E-state index contributed by atoms with van der Waals surface area (Å²) in [5.74, 6) is 0. The van der Waals surface area contributed by atoms with Crippen LogP contribution in [0.5, 0.6) is 0 Å². The summed E-state index contributed by atoms with van der Waals surface area (Å²) >= 11 is 7.08. The van der Waals surface area contributed by atoms with Crippen LogP contribution in [0.25, 0.3) is 0 Å². The third-order valence-electron chi connectivity index (χ3n) is 2.26. The van der Waals surface area contributed by atoms with E-state index in [-0.39, 0.29) is 0 Å². The first-order valence-corrected chi connectivity index (χ1v) is 7.17. The van der Waals surface area contributed by atoms with Gasteiger partial charge >= 0.3 is 0 Å². The van der Waals surface area contributed by atoms with Gasteiger partial charge in [-0.25, -0.2) is 0 Å². The highest BCUT2D eigenvalue weighted by atomic mass is 79.9. The Balaban J connectivity index is 2.32. The quantitative estimate of drug-likeness (QED) is 0.896. The van der Waals surface area contributed by atoms with Gasteiger partial charge in [-0.2, -0.15) is 0 Å². The molecule has 0 radical (unpaired) electrons. The van der Waals surface area contributed by atoms with E-state index in [9.17, 15) is 0 Å². The van der Waals surface area contributed by atoms with E-state index in [1.165, 1.54) is 19.1 Å². The highest BCUT2D eigenvalue weighted by molar-refractivity contribution is 9.11. The average molecular weight is 302 g/mol. The lowest BCUT2D eigenvalue weighted by molar-refractivity contribution is 0.706. The molecule has 0 saturated carbocycles. The molecule has 0 aliphatic carbocycles. The minimum Gasteiger partial charge on any atom is -0.309 e. The molecule has 0 spiro atoms. The Kier molecular flexibility index (Phi) is 3.61. The van der Waals surface area contributed by atoms with Gasteiger partial charge in [0.1, 0.15) is 0 Å².